The van der Waals surface area contributed by atoms with E-state index in [-0.39, 0.29) is 11.4 Å². The normalized spacial score (nSPS) is 10.0. The van der Waals surface area contributed by atoms with Crippen LogP contribution in [0.15, 0.2) is 36.8 Å². The molecule has 0 aliphatic heterocycles. The van der Waals surface area contributed by atoms with Crippen LogP contribution >= 0.6 is 0 Å². The number of nitrogens with zero attached hydrogens (tertiary/aromatic N) is 2. The van der Waals surface area contributed by atoms with Gasteiger partial charge in [0, 0.05) is 18.5 Å². The molecule has 0 unspecified atom stereocenters. The van der Waals surface area contributed by atoms with Crippen molar-refractivity contribution in [3.05, 3.63) is 54.1 Å². The van der Waals surface area contributed by atoms with Gasteiger partial charge in [-0.05, 0) is 12.1 Å². The van der Waals surface area contributed by atoms with Crippen LogP contribution in [-0.4, -0.2) is 28.5 Å². The average molecular weight is 293 g/mol. The van der Waals surface area contributed by atoms with Crippen LogP contribution < -0.4 is 5.32 Å². The van der Waals surface area contributed by atoms with Gasteiger partial charge in [0.05, 0.1) is 11.9 Å². The van der Waals surface area contributed by atoms with Gasteiger partial charge in [0.25, 0.3) is 5.91 Å². The summed E-state index contributed by atoms with van der Waals surface area (Å²) in [6.07, 6.45) is 3.83. The van der Waals surface area contributed by atoms with E-state index in [9.17, 15) is 18.4 Å². The molecular formula is C13H9F2N3O3. The van der Waals surface area contributed by atoms with Gasteiger partial charge in [-0.3, -0.25) is 9.78 Å². The summed E-state index contributed by atoms with van der Waals surface area (Å²) >= 11 is 0. The molecule has 0 aliphatic carbocycles. The molecule has 6 nitrogen and oxygen atoms in total. The second kappa shape index (κ2) is 6.51. The number of hydrogen-bond acceptors (Lipinski definition) is 5. The Balaban J connectivity index is 1.91. The summed E-state index contributed by atoms with van der Waals surface area (Å²) in [5, 5.41) is 2.09. The first kappa shape index (κ1) is 14.5. The maximum absolute atomic E-state index is 13.3. The molecule has 1 N–H and O–H groups in total. The molecular weight excluding hydrogens is 284 g/mol. The Morgan fingerprint density at radius 1 is 1.24 bits per heavy atom. The minimum Gasteiger partial charge on any atom is -0.451 e. The summed E-state index contributed by atoms with van der Waals surface area (Å²) in [4.78, 5) is 30.3. The van der Waals surface area contributed by atoms with Crippen LogP contribution in [0.5, 0.6) is 0 Å². The number of rotatable bonds is 4. The number of benzene rings is 1. The molecule has 21 heavy (non-hydrogen) atoms. The van der Waals surface area contributed by atoms with E-state index in [0.717, 1.165) is 18.2 Å². The molecule has 0 saturated carbocycles. The van der Waals surface area contributed by atoms with Crippen molar-refractivity contribution in [2.75, 3.05) is 11.9 Å². The minimum absolute atomic E-state index is 0.0674. The maximum atomic E-state index is 13.3. The van der Waals surface area contributed by atoms with E-state index in [1.54, 1.807) is 0 Å². The van der Waals surface area contributed by atoms with Crippen molar-refractivity contribution in [1.82, 2.24) is 9.97 Å². The fraction of sp³-hybridized carbons (Fsp3) is 0.0769. The van der Waals surface area contributed by atoms with Crippen LogP contribution in [0, 0.1) is 11.6 Å². The molecule has 1 aromatic heterocycles. The van der Waals surface area contributed by atoms with Gasteiger partial charge in [-0.2, -0.15) is 0 Å². The Labute approximate surface area is 117 Å². The highest BCUT2D eigenvalue weighted by atomic mass is 19.1. The lowest BCUT2D eigenvalue weighted by Gasteiger charge is -2.07. The highest BCUT2D eigenvalue weighted by Crippen LogP contribution is 2.14. The number of amides is 1. The third-order valence-electron chi connectivity index (χ3n) is 2.31. The average Bonchev–Trinajstić information content (AvgIpc) is 2.49. The van der Waals surface area contributed by atoms with Gasteiger partial charge in [-0.15, -0.1) is 0 Å². The van der Waals surface area contributed by atoms with E-state index in [1.165, 1.54) is 18.6 Å². The Morgan fingerprint density at radius 2 is 2.05 bits per heavy atom. The van der Waals surface area contributed by atoms with E-state index in [1.807, 2.05) is 0 Å². The van der Waals surface area contributed by atoms with E-state index in [4.69, 9.17) is 0 Å². The fourth-order valence-corrected chi connectivity index (χ4v) is 1.39. The van der Waals surface area contributed by atoms with Crippen LogP contribution in [0.2, 0.25) is 0 Å². The Hall–Kier alpha value is -2.90. The number of esters is 1. The van der Waals surface area contributed by atoms with Crippen molar-refractivity contribution in [2.45, 2.75) is 0 Å². The van der Waals surface area contributed by atoms with Crippen LogP contribution in [0.3, 0.4) is 0 Å². The van der Waals surface area contributed by atoms with Gasteiger partial charge in [-0.1, -0.05) is 0 Å². The molecule has 8 heteroatoms. The second-order valence-corrected chi connectivity index (χ2v) is 3.84. The number of carbonyl (C=O) groups is 2. The third-order valence-corrected chi connectivity index (χ3v) is 2.31. The van der Waals surface area contributed by atoms with E-state index in [0.29, 0.717) is 0 Å². The number of nitrogens with one attached hydrogen (secondary N) is 1. The van der Waals surface area contributed by atoms with Crippen molar-refractivity contribution < 1.29 is 23.1 Å². The van der Waals surface area contributed by atoms with Gasteiger partial charge in [0.1, 0.15) is 11.6 Å². The van der Waals surface area contributed by atoms with Crippen molar-refractivity contribution in [1.29, 1.82) is 0 Å². The molecule has 1 heterocycles. The van der Waals surface area contributed by atoms with E-state index < -0.39 is 30.1 Å². The monoisotopic (exact) mass is 293 g/mol. The minimum atomic E-state index is -0.849. The largest absolute Gasteiger partial charge is 0.451 e. The Bertz CT molecular complexity index is 665. The fourth-order valence-electron chi connectivity index (χ4n) is 1.39. The number of hydrogen-bond donors (Lipinski definition) is 1. The highest BCUT2D eigenvalue weighted by molar-refractivity contribution is 5.94. The molecule has 0 fully saturated rings. The summed E-state index contributed by atoms with van der Waals surface area (Å²) in [5.74, 6) is -3.16. The first-order chi connectivity index (χ1) is 10.1. The number of anilines is 1. The van der Waals surface area contributed by atoms with Crippen LogP contribution in [0.4, 0.5) is 14.5 Å². The predicted molar refractivity (Wildman–Crippen MR) is 67.3 cm³/mol. The second-order valence-electron chi connectivity index (χ2n) is 3.84. The summed E-state index contributed by atoms with van der Waals surface area (Å²) in [6, 6.07) is 2.60. The molecule has 0 saturated heterocycles. The summed E-state index contributed by atoms with van der Waals surface area (Å²) in [7, 11) is 0. The number of halogens is 2. The van der Waals surface area contributed by atoms with Gasteiger partial charge >= 0.3 is 5.97 Å². The van der Waals surface area contributed by atoms with E-state index >= 15 is 0 Å². The molecule has 0 radical (unpaired) electrons. The van der Waals surface area contributed by atoms with Gasteiger partial charge < -0.3 is 10.1 Å². The van der Waals surface area contributed by atoms with E-state index in [2.05, 4.69) is 20.0 Å². The first-order valence-electron chi connectivity index (χ1n) is 5.74. The quantitative estimate of drug-likeness (QED) is 0.865. The van der Waals surface area contributed by atoms with Crippen molar-refractivity contribution >= 4 is 17.6 Å². The smallest absolute Gasteiger partial charge is 0.359 e. The topological polar surface area (TPSA) is 81.2 Å². The zero-order valence-corrected chi connectivity index (χ0v) is 10.5. The molecule has 0 bridgehead atoms. The third kappa shape index (κ3) is 4.03. The van der Waals surface area contributed by atoms with Gasteiger partial charge in [-0.25, -0.2) is 18.6 Å². The highest BCUT2D eigenvalue weighted by Gasteiger charge is 2.13. The molecule has 1 aromatic carbocycles. The lowest BCUT2D eigenvalue weighted by molar-refractivity contribution is -0.119. The van der Waals surface area contributed by atoms with Crippen LogP contribution in [0.1, 0.15) is 10.5 Å². The van der Waals surface area contributed by atoms with Crippen LogP contribution in [0.25, 0.3) is 0 Å². The standard InChI is InChI=1S/C13H9F2N3O3/c14-8-1-2-9(15)10(5-8)18-12(19)7-21-13(20)11-6-16-3-4-17-11/h1-6H,7H2,(H,18,19). The first-order valence-corrected chi connectivity index (χ1v) is 5.74. The van der Waals surface area contributed by atoms with Crippen molar-refractivity contribution in [3.63, 3.8) is 0 Å². The molecule has 0 spiro atoms. The number of aromatic nitrogens is 2. The molecule has 1 amide bonds. The van der Waals surface area contributed by atoms with Gasteiger partial charge in [0.2, 0.25) is 0 Å². The summed E-state index contributed by atoms with van der Waals surface area (Å²) < 4.78 is 30.9. The van der Waals surface area contributed by atoms with Crippen LogP contribution in [-0.2, 0) is 9.53 Å². The van der Waals surface area contributed by atoms with Crippen molar-refractivity contribution in [2.24, 2.45) is 0 Å². The summed E-state index contributed by atoms with van der Waals surface area (Å²) in [5.41, 5.74) is -0.405. The Morgan fingerprint density at radius 3 is 2.76 bits per heavy atom. The molecule has 2 rings (SSSR count). The zero-order chi connectivity index (χ0) is 15.2. The number of carbonyl (C=O) groups excluding carboxylic acids is 2. The molecule has 108 valence electrons. The zero-order valence-electron chi connectivity index (χ0n) is 10.5. The van der Waals surface area contributed by atoms with Gasteiger partial charge in [0.15, 0.2) is 12.3 Å². The van der Waals surface area contributed by atoms with Crippen molar-refractivity contribution in [3.8, 4) is 0 Å². The SMILES string of the molecule is O=C(COC(=O)c1cnccn1)Nc1cc(F)ccc1F. The Kier molecular flexibility index (Phi) is 4.50. The lowest BCUT2D eigenvalue weighted by atomic mass is 10.3. The number of ether oxygens (including phenoxy) is 1. The lowest BCUT2D eigenvalue weighted by Crippen LogP contribution is -2.22. The molecule has 0 atom stereocenters. The molecule has 0 aliphatic rings. The predicted octanol–water partition coefficient (Wildman–Crippen LogP) is 1.55. The summed E-state index contributed by atoms with van der Waals surface area (Å²) in [6.45, 7) is -0.661. The molecule has 2 aromatic rings. The maximum Gasteiger partial charge on any atom is 0.359 e.